The predicted octanol–water partition coefficient (Wildman–Crippen LogP) is 3.30. The van der Waals surface area contributed by atoms with Crippen LogP contribution in [0.2, 0.25) is 0 Å². The molecule has 3 atom stereocenters. The highest BCUT2D eigenvalue weighted by molar-refractivity contribution is 6.03. The lowest BCUT2D eigenvalue weighted by Gasteiger charge is -2.42. The molecule has 1 saturated heterocycles. The Morgan fingerprint density at radius 2 is 1.64 bits per heavy atom. The number of carboxylic acid groups (broad SMARTS) is 1. The molecule has 1 fully saturated rings. The van der Waals surface area contributed by atoms with Crippen LogP contribution in [0, 0.1) is 5.41 Å². The number of aromatic carboxylic acids is 1. The summed E-state index contributed by atoms with van der Waals surface area (Å²) in [6.07, 6.45) is 4.51. The molecule has 69 heavy (non-hydrogen) atoms. The van der Waals surface area contributed by atoms with E-state index in [-0.39, 0.29) is 75.8 Å². The number of furan rings is 1. The van der Waals surface area contributed by atoms with E-state index in [1.54, 1.807) is 65.6 Å². The van der Waals surface area contributed by atoms with E-state index < -0.39 is 47.1 Å². The van der Waals surface area contributed by atoms with Crippen LogP contribution in [0.1, 0.15) is 56.7 Å². The Morgan fingerprint density at radius 3 is 2.41 bits per heavy atom. The summed E-state index contributed by atoms with van der Waals surface area (Å²) in [5.41, 5.74) is 9.03. The van der Waals surface area contributed by atoms with Crippen LogP contribution in [-0.4, -0.2) is 116 Å². The van der Waals surface area contributed by atoms with Gasteiger partial charge < -0.3 is 51.5 Å². The van der Waals surface area contributed by atoms with Gasteiger partial charge in [0.25, 0.3) is 0 Å². The van der Waals surface area contributed by atoms with Gasteiger partial charge in [0, 0.05) is 68.9 Å². The lowest BCUT2D eigenvalue weighted by atomic mass is 9.73. The molecule has 0 radical (unpaired) electrons. The second kappa shape index (κ2) is 23.5. The molecular weight excluding hydrogens is 883 g/mol. The van der Waals surface area contributed by atoms with Crippen molar-refractivity contribution in [1.82, 2.24) is 31.5 Å². The minimum Gasteiger partial charge on any atom is -0.478 e. The van der Waals surface area contributed by atoms with Crippen LogP contribution in [0.5, 0.6) is 0 Å². The number of piperidine rings is 1. The number of rotatable bonds is 12. The Balaban J connectivity index is 1.18. The molecular formula is C52H57N7O10. The first-order valence-electron chi connectivity index (χ1n) is 23.0. The molecule has 360 valence electrons. The molecule has 17 heteroatoms. The summed E-state index contributed by atoms with van der Waals surface area (Å²) >= 11 is 0. The molecule has 0 aliphatic carbocycles. The standard InChI is InChI=1S/C52H57N7O10/c53-21-25-68-26-23-55-49(64)42-19-22-54-45(60)17-18-47(62)59-24-6-20-52(33-59,48(63)36-7-2-1-3-8-36)32-57-43(50(65)56-30-39-10-5-4-9-37(39)29-46(61)58-42)27-34-11-13-35(14-12-34)38-15-16-40-41(51(66)67)31-69-44(40)28-38/h1-5,7-18,28,31,42-43,57H,6,19-27,29-30,32-33,53H2,(H,54,60)(H,55,64)(H,56,65)(H,58,61)(H,66,67)/b18-17+/t42-,43-,52+/m0/s1. The van der Waals surface area contributed by atoms with Crippen molar-refractivity contribution in [1.29, 1.82) is 0 Å². The Kier molecular flexibility index (Phi) is 16.8. The Bertz CT molecular complexity index is 2680. The number of hydrogen-bond acceptors (Lipinski definition) is 11. The quantitative estimate of drug-likeness (QED) is 0.0704. The number of nitrogens with one attached hydrogen (secondary N) is 5. The first-order chi connectivity index (χ1) is 33.4. The molecule has 5 amide bonds. The topological polar surface area (TPSA) is 251 Å². The molecule has 5 aromatic rings. The Morgan fingerprint density at radius 1 is 0.884 bits per heavy atom. The molecule has 8 N–H and O–H groups in total. The monoisotopic (exact) mass is 939 g/mol. The number of benzene rings is 4. The predicted molar refractivity (Wildman–Crippen MR) is 257 cm³/mol. The number of Topliss-reactive ketones (excluding diaryl/α,β-unsaturated/α-hetero) is 1. The van der Waals surface area contributed by atoms with Crippen molar-refractivity contribution in [2.24, 2.45) is 11.1 Å². The van der Waals surface area contributed by atoms with Gasteiger partial charge in [-0.05, 0) is 65.6 Å². The van der Waals surface area contributed by atoms with E-state index in [0.717, 1.165) is 28.8 Å². The fraction of sp³-hybridized carbons (Fsp3) is 0.327. The maximum atomic E-state index is 14.7. The maximum absolute atomic E-state index is 14.7. The number of nitrogens with zero attached hydrogens (tertiary/aromatic N) is 1. The SMILES string of the molecule is NCCOCCNC(=O)[C@@H]1CCNC(=O)/C=C/C(=O)N2CCC[C@@](C(=O)c3ccccc3)(CN[C@@H](Cc3ccc(-c4ccc5c(C(=O)O)coc5c4)cc3)C(=O)NCc3ccccc3CC(=O)N1)C2. The van der Waals surface area contributed by atoms with Crippen molar-refractivity contribution in [3.63, 3.8) is 0 Å². The van der Waals surface area contributed by atoms with E-state index in [2.05, 4.69) is 26.6 Å². The van der Waals surface area contributed by atoms with Crippen molar-refractivity contribution in [2.75, 3.05) is 52.5 Å². The summed E-state index contributed by atoms with van der Waals surface area (Å²) in [4.78, 5) is 96.1. The van der Waals surface area contributed by atoms with Gasteiger partial charge in [-0.1, -0.05) is 84.9 Å². The van der Waals surface area contributed by atoms with E-state index >= 15 is 0 Å². The maximum Gasteiger partial charge on any atom is 0.339 e. The van der Waals surface area contributed by atoms with Gasteiger partial charge in [0.05, 0.1) is 31.1 Å². The second-order valence-corrected chi connectivity index (χ2v) is 17.2. The molecule has 7 rings (SSSR count). The van der Waals surface area contributed by atoms with Gasteiger partial charge in [0.15, 0.2) is 5.78 Å². The highest BCUT2D eigenvalue weighted by Crippen LogP contribution is 2.34. The average molecular weight is 940 g/mol. The van der Waals surface area contributed by atoms with Gasteiger partial charge in [-0.25, -0.2) is 4.79 Å². The summed E-state index contributed by atoms with van der Waals surface area (Å²) in [5, 5.41) is 24.8. The number of ether oxygens (including phenoxy) is 1. The highest BCUT2D eigenvalue weighted by atomic mass is 16.5. The van der Waals surface area contributed by atoms with Crippen LogP contribution < -0.4 is 32.3 Å². The number of amides is 5. The van der Waals surface area contributed by atoms with E-state index in [4.69, 9.17) is 14.9 Å². The Hall–Kier alpha value is -7.47. The van der Waals surface area contributed by atoms with Crippen LogP contribution in [-0.2, 0) is 48.1 Å². The number of hydrogen-bond donors (Lipinski definition) is 7. The van der Waals surface area contributed by atoms with E-state index in [1.165, 1.54) is 6.26 Å². The van der Waals surface area contributed by atoms with Crippen LogP contribution in [0.3, 0.4) is 0 Å². The minimum absolute atomic E-state index is 0.00371. The van der Waals surface area contributed by atoms with Gasteiger partial charge in [0.1, 0.15) is 23.5 Å². The smallest absolute Gasteiger partial charge is 0.339 e. The van der Waals surface area contributed by atoms with Crippen molar-refractivity contribution in [3.05, 3.63) is 143 Å². The van der Waals surface area contributed by atoms with E-state index in [0.29, 0.717) is 60.2 Å². The third kappa shape index (κ3) is 13.0. The third-order valence-electron chi connectivity index (χ3n) is 12.4. The van der Waals surface area contributed by atoms with E-state index in [1.807, 2.05) is 36.4 Å². The molecule has 17 nitrogen and oxygen atoms in total. The Labute approximate surface area is 399 Å². The van der Waals surface area contributed by atoms with Crippen molar-refractivity contribution in [2.45, 2.75) is 50.7 Å². The largest absolute Gasteiger partial charge is 0.478 e. The minimum atomic E-state index is -1.15. The number of carboxylic acids is 1. The van der Waals surface area contributed by atoms with Crippen LogP contribution in [0.15, 0.2) is 120 Å². The molecule has 3 heterocycles. The zero-order valence-corrected chi connectivity index (χ0v) is 38.2. The molecule has 2 aliphatic rings. The lowest BCUT2D eigenvalue weighted by molar-refractivity contribution is -0.129. The number of ketones is 1. The molecule has 0 unspecified atom stereocenters. The second-order valence-electron chi connectivity index (χ2n) is 17.2. The van der Waals surface area contributed by atoms with Gasteiger partial charge in [-0.3, -0.25) is 28.8 Å². The van der Waals surface area contributed by atoms with Crippen LogP contribution >= 0.6 is 0 Å². The fourth-order valence-electron chi connectivity index (χ4n) is 8.75. The van der Waals surface area contributed by atoms with Crippen molar-refractivity contribution >= 4 is 52.3 Å². The van der Waals surface area contributed by atoms with Gasteiger partial charge in [-0.2, -0.15) is 0 Å². The average Bonchev–Trinajstić information content (AvgIpc) is 3.80. The summed E-state index contributed by atoms with van der Waals surface area (Å²) in [6.45, 7) is 1.48. The summed E-state index contributed by atoms with van der Waals surface area (Å²) < 4.78 is 10.9. The molecule has 2 bridgehead atoms. The van der Waals surface area contributed by atoms with Gasteiger partial charge in [0.2, 0.25) is 29.5 Å². The molecule has 0 spiro atoms. The van der Waals surface area contributed by atoms with Gasteiger partial charge >= 0.3 is 5.97 Å². The number of fused-ring (bicyclic) bond motifs is 4. The lowest BCUT2D eigenvalue weighted by Crippen LogP contribution is -2.57. The van der Waals surface area contributed by atoms with E-state index in [9.17, 15) is 38.7 Å². The first-order valence-corrected chi connectivity index (χ1v) is 23.0. The van der Waals surface area contributed by atoms with Gasteiger partial charge in [-0.15, -0.1) is 0 Å². The molecule has 4 aromatic carbocycles. The van der Waals surface area contributed by atoms with Crippen LogP contribution in [0.4, 0.5) is 0 Å². The molecule has 1 aromatic heterocycles. The van der Waals surface area contributed by atoms with Crippen LogP contribution in [0.25, 0.3) is 22.1 Å². The molecule has 0 saturated carbocycles. The number of carbonyl (C=O) groups excluding carboxylic acids is 6. The normalized spacial score (nSPS) is 20.3. The zero-order chi connectivity index (χ0) is 48.8. The summed E-state index contributed by atoms with van der Waals surface area (Å²) in [5.74, 6) is -3.64. The number of carbonyl (C=O) groups is 7. The van der Waals surface area contributed by atoms with Crippen molar-refractivity contribution in [3.8, 4) is 11.1 Å². The highest BCUT2D eigenvalue weighted by Gasteiger charge is 2.44. The summed E-state index contributed by atoms with van der Waals surface area (Å²) in [6, 6.07) is 27.0. The number of nitrogens with two attached hydrogens (primary N) is 1. The van der Waals surface area contributed by atoms with Crippen molar-refractivity contribution < 1.29 is 47.8 Å². The summed E-state index contributed by atoms with van der Waals surface area (Å²) in [7, 11) is 0. The fourth-order valence-corrected chi connectivity index (χ4v) is 8.75. The molecule has 2 aliphatic heterocycles. The zero-order valence-electron chi connectivity index (χ0n) is 38.2. The first kappa shape index (κ1) is 49.4. The third-order valence-corrected chi connectivity index (χ3v) is 12.4.